The van der Waals surface area contributed by atoms with E-state index in [4.69, 9.17) is 0 Å². The predicted octanol–water partition coefficient (Wildman–Crippen LogP) is 2.29. The van der Waals surface area contributed by atoms with Crippen LogP contribution in [-0.2, 0) is 0 Å². The van der Waals surface area contributed by atoms with Crippen molar-refractivity contribution in [2.75, 3.05) is 39.3 Å². The average Bonchev–Trinajstić information content (AvgIpc) is 2.37. The van der Waals surface area contributed by atoms with E-state index in [1.807, 2.05) is 0 Å². The van der Waals surface area contributed by atoms with Gasteiger partial charge in [0, 0.05) is 44.8 Å². The van der Waals surface area contributed by atoms with Crippen LogP contribution in [-0.4, -0.2) is 49.7 Å². The molecule has 112 valence electrons. The molecular weight excluding hydrogens is 269 g/mol. The molecule has 0 spiro atoms. The van der Waals surface area contributed by atoms with Gasteiger partial charge < -0.3 is 10.6 Å². The van der Waals surface area contributed by atoms with Gasteiger partial charge in [-0.05, 0) is 19.3 Å². The van der Waals surface area contributed by atoms with Crippen molar-refractivity contribution < 1.29 is 0 Å². The first-order chi connectivity index (χ1) is 7.76. The van der Waals surface area contributed by atoms with Gasteiger partial charge in [0.1, 0.15) is 0 Å². The lowest BCUT2D eigenvalue weighted by Crippen LogP contribution is -2.50. The van der Waals surface area contributed by atoms with Crippen LogP contribution in [0.4, 0.5) is 0 Å². The van der Waals surface area contributed by atoms with Crippen molar-refractivity contribution in [2.45, 2.75) is 45.6 Å². The summed E-state index contributed by atoms with van der Waals surface area (Å²) in [7, 11) is 0. The fourth-order valence-electron chi connectivity index (χ4n) is 2.54. The van der Waals surface area contributed by atoms with Crippen LogP contribution in [0.25, 0.3) is 0 Å². The number of nitrogens with one attached hydrogen (secondary N) is 2. The Morgan fingerprint density at radius 1 is 1.00 bits per heavy atom. The lowest BCUT2D eigenvalue weighted by atomic mass is 9.90. The summed E-state index contributed by atoms with van der Waals surface area (Å²) < 4.78 is 0. The molecule has 0 aromatic carbocycles. The second-order valence-electron chi connectivity index (χ2n) is 4.86. The average molecular weight is 300 g/mol. The molecule has 0 aromatic rings. The molecule has 18 heavy (non-hydrogen) atoms. The molecule has 1 aliphatic heterocycles. The van der Waals surface area contributed by atoms with E-state index >= 15 is 0 Å². The summed E-state index contributed by atoms with van der Waals surface area (Å²) in [5, 5.41) is 7.16. The molecule has 1 fully saturated rings. The quantitative estimate of drug-likeness (QED) is 0.755. The molecule has 5 heteroatoms. The summed E-state index contributed by atoms with van der Waals surface area (Å²) in [5.74, 6) is 0. The van der Waals surface area contributed by atoms with Gasteiger partial charge in [0.2, 0.25) is 0 Å². The zero-order chi connectivity index (χ0) is 11.9. The summed E-state index contributed by atoms with van der Waals surface area (Å²) in [6.45, 7) is 13.9. The van der Waals surface area contributed by atoms with Crippen LogP contribution in [0.1, 0.15) is 40.0 Å². The van der Waals surface area contributed by atoms with Crippen LogP contribution < -0.4 is 10.6 Å². The monoisotopic (exact) mass is 299 g/mol. The summed E-state index contributed by atoms with van der Waals surface area (Å²) in [6, 6.07) is 0. The highest BCUT2D eigenvalue weighted by Crippen LogP contribution is 2.18. The minimum Gasteiger partial charge on any atom is -0.314 e. The van der Waals surface area contributed by atoms with Gasteiger partial charge >= 0.3 is 0 Å². The molecule has 1 saturated heterocycles. The van der Waals surface area contributed by atoms with Crippen LogP contribution in [0.5, 0.6) is 0 Å². The molecule has 0 unspecified atom stereocenters. The minimum atomic E-state index is 0. The predicted molar refractivity (Wildman–Crippen MR) is 85.4 cm³/mol. The zero-order valence-electron chi connectivity index (χ0n) is 12.1. The largest absolute Gasteiger partial charge is 0.314 e. The highest BCUT2D eigenvalue weighted by atomic mass is 35.5. The molecule has 0 aliphatic carbocycles. The van der Waals surface area contributed by atoms with Gasteiger partial charge in [-0.3, -0.25) is 4.90 Å². The first-order valence-electron chi connectivity index (χ1n) is 6.94. The summed E-state index contributed by atoms with van der Waals surface area (Å²) in [5.41, 5.74) is 0.383. The van der Waals surface area contributed by atoms with Gasteiger partial charge in [-0.25, -0.2) is 0 Å². The third-order valence-electron chi connectivity index (χ3n) is 4.17. The lowest BCUT2D eigenvalue weighted by Gasteiger charge is -2.34. The molecular formula is C13H31Cl2N3. The van der Waals surface area contributed by atoms with Gasteiger partial charge in [-0.2, -0.15) is 0 Å². The fraction of sp³-hybridized carbons (Fsp3) is 1.00. The van der Waals surface area contributed by atoms with E-state index < -0.39 is 0 Å². The van der Waals surface area contributed by atoms with Gasteiger partial charge in [0.25, 0.3) is 0 Å². The third kappa shape index (κ3) is 6.58. The second-order valence-corrected chi connectivity index (χ2v) is 4.86. The summed E-state index contributed by atoms with van der Waals surface area (Å²) in [6.07, 6.45) is 3.71. The van der Waals surface area contributed by atoms with Crippen LogP contribution in [0.15, 0.2) is 0 Å². The number of hydrogen-bond donors (Lipinski definition) is 2. The van der Waals surface area contributed by atoms with Gasteiger partial charge in [0.15, 0.2) is 0 Å². The Hall–Kier alpha value is 0.460. The Bertz CT molecular complexity index is 173. The van der Waals surface area contributed by atoms with Crippen LogP contribution in [0, 0.1) is 0 Å². The van der Waals surface area contributed by atoms with E-state index in [1.165, 1.54) is 38.9 Å². The Balaban J connectivity index is 0. The standard InChI is InChI=1S/C13H29N3.2ClH/c1-4-13(5-2,6-3)15-9-12-16-10-7-14-8-11-16;;/h14-15H,4-12H2,1-3H3;2*1H. The van der Waals surface area contributed by atoms with Crippen LogP contribution in [0.2, 0.25) is 0 Å². The molecule has 0 atom stereocenters. The highest BCUT2D eigenvalue weighted by Gasteiger charge is 2.22. The summed E-state index contributed by atoms with van der Waals surface area (Å²) >= 11 is 0. The molecule has 0 radical (unpaired) electrons. The maximum absolute atomic E-state index is 3.77. The molecule has 1 heterocycles. The number of nitrogens with zero attached hydrogens (tertiary/aromatic N) is 1. The lowest BCUT2D eigenvalue weighted by molar-refractivity contribution is 0.217. The van der Waals surface area contributed by atoms with Crippen LogP contribution >= 0.6 is 24.8 Å². The van der Waals surface area contributed by atoms with Crippen molar-refractivity contribution in [3.63, 3.8) is 0 Å². The number of halogens is 2. The van der Waals surface area contributed by atoms with Crippen molar-refractivity contribution in [1.82, 2.24) is 15.5 Å². The first kappa shape index (κ1) is 20.8. The summed E-state index contributed by atoms with van der Waals surface area (Å²) in [4.78, 5) is 2.55. The topological polar surface area (TPSA) is 27.3 Å². The molecule has 0 saturated carbocycles. The van der Waals surface area contributed by atoms with E-state index in [9.17, 15) is 0 Å². The minimum absolute atomic E-state index is 0. The van der Waals surface area contributed by atoms with Gasteiger partial charge in [0.05, 0.1) is 0 Å². The SMILES string of the molecule is CCC(CC)(CC)NCCN1CCNCC1.Cl.Cl. The van der Waals surface area contributed by atoms with Crippen molar-refractivity contribution >= 4 is 24.8 Å². The maximum Gasteiger partial charge on any atom is 0.0174 e. The third-order valence-corrected chi connectivity index (χ3v) is 4.17. The number of rotatable bonds is 7. The van der Waals surface area contributed by atoms with Crippen molar-refractivity contribution in [1.29, 1.82) is 0 Å². The Kier molecular flexibility index (Phi) is 13.0. The highest BCUT2D eigenvalue weighted by molar-refractivity contribution is 5.85. The normalized spacial score (nSPS) is 16.8. The number of piperazine rings is 1. The van der Waals surface area contributed by atoms with E-state index in [2.05, 4.69) is 36.3 Å². The van der Waals surface area contributed by atoms with Gasteiger partial charge in [-0.15, -0.1) is 24.8 Å². The molecule has 2 N–H and O–H groups in total. The Labute approximate surface area is 125 Å². The Morgan fingerprint density at radius 2 is 1.50 bits per heavy atom. The molecule has 1 aliphatic rings. The molecule has 3 nitrogen and oxygen atoms in total. The van der Waals surface area contributed by atoms with Crippen LogP contribution in [0.3, 0.4) is 0 Å². The van der Waals surface area contributed by atoms with E-state index in [0.29, 0.717) is 5.54 Å². The van der Waals surface area contributed by atoms with E-state index in [0.717, 1.165) is 19.6 Å². The zero-order valence-corrected chi connectivity index (χ0v) is 13.8. The molecule has 0 amide bonds. The first-order valence-corrected chi connectivity index (χ1v) is 6.94. The van der Waals surface area contributed by atoms with E-state index in [1.54, 1.807) is 0 Å². The van der Waals surface area contributed by atoms with E-state index in [-0.39, 0.29) is 24.8 Å². The van der Waals surface area contributed by atoms with Gasteiger partial charge in [-0.1, -0.05) is 20.8 Å². The van der Waals surface area contributed by atoms with Crippen molar-refractivity contribution in [3.8, 4) is 0 Å². The molecule has 0 aromatic heterocycles. The van der Waals surface area contributed by atoms with Crippen molar-refractivity contribution in [3.05, 3.63) is 0 Å². The smallest absolute Gasteiger partial charge is 0.0174 e. The number of hydrogen-bond acceptors (Lipinski definition) is 3. The Morgan fingerprint density at radius 3 is 1.94 bits per heavy atom. The molecule has 0 bridgehead atoms. The fourth-order valence-corrected chi connectivity index (χ4v) is 2.54. The maximum atomic E-state index is 3.77. The van der Waals surface area contributed by atoms with Crippen molar-refractivity contribution in [2.24, 2.45) is 0 Å². The molecule has 1 rings (SSSR count). The second kappa shape index (κ2) is 11.3.